The summed E-state index contributed by atoms with van der Waals surface area (Å²) in [4.78, 5) is -0.241. The van der Waals surface area contributed by atoms with Crippen LogP contribution >= 0.6 is 0 Å². The van der Waals surface area contributed by atoms with E-state index in [0.717, 1.165) is 0 Å². The molecule has 2 aromatic rings. The molecule has 0 radical (unpaired) electrons. The summed E-state index contributed by atoms with van der Waals surface area (Å²) in [5.41, 5.74) is 1.95. The molecule has 0 atom stereocenters. The highest BCUT2D eigenvalue weighted by Crippen LogP contribution is 2.44. The Balaban J connectivity index is 2.22. The van der Waals surface area contributed by atoms with Gasteiger partial charge < -0.3 is 5.11 Å². The molecule has 0 aliphatic heterocycles. The van der Waals surface area contributed by atoms with E-state index in [4.69, 9.17) is 10.3 Å². The lowest BCUT2D eigenvalue weighted by Crippen LogP contribution is -2.13. The first-order valence-corrected chi connectivity index (χ1v) is 9.20. The second-order valence-electron chi connectivity index (χ2n) is 4.99. The third-order valence-electron chi connectivity index (χ3n) is 3.58. The number of nitrogens with two attached hydrogens (primary N) is 2. The maximum absolute atomic E-state index is 11.4. The average Bonchev–Trinajstić information content (AvgIpc) is 2.70. The van der Waals surface area contributed by atoms with E-state index in [9.17, 15) is 21.9 Å². The van der Waals surface area contributed by atoms with Crippen molar-refractivity contribution in [1.29, 1.82) is 0 Å². The monoisotopic (exact) mass is 340 g/mol. The van der Waals surface area contributed by atoms with Crippen molar-refractivity contribution >= 4 is 20.0 Å². The molecule has 1 aliphatic rings. The van der Waals surface area contributed by atoms with Gasteiger partial charge in [-0.25, -0.2) is 27.1 Å². The highest BCUT2D eigenvalue weighted by atomic mass is 32.2. The first-order chi connectivity index (χ1) is 10.1. The molecule has 22 heavy (non-hydrogen) atoms. The van der Waals surface area contributed by atoms with Crippen LogP contribution in [0.1, 0.15) is 17.2 Å². The largest absolute Gasteiger partial charge is 0.384 e. The molecule has 0 amide bonds. The normalized spacial score (nSPS) is 14.7. The Morgan fingerprint density at radius 1 is 0.773 bits per heavy atom. The topological polar surface area (TPSA) is 141 Å². The Morgan fingerprint density at radius 2 is 1.14 bits per heavy atom. The van der Waals surface area contributed by atoms with Crippen LogP contribution in [0.15, 0.2) is 46.2 Å². The van der Waals surface area contributed by atoms with Crippen LogP contribution in [-0.4, -0.2) is 21.9 Å². The minimum Gasteiger partial charge on any atom is -0.384 e. The van der Waals surface area contributed by atoms with E-state index in [1.807, 2.05) is 0 Å². The molecule has 0 unspecified atom stereocenters. The van der Waals surface area contributed by atoms with Crippen LogP contribution in [0.25, 0.3) is 11.1 Å². The van der Waals surface area contributed by atoms with Gasteiger partial charge in [0.2, 0.25) is 20.0 Å². The molecule has 2 aromatic carbocycles. The number of primary sulfonamides is 2. The summed E-state index contributed by atoms with van der Waals surface area (Å²) in [5.74, 6) is 0. The summed E-state index contributed by atoms with van der Waals surface area (Å²) in [6, 6.07) is 8.30. The van der Waals surface area contributed by atoms with Crippen molar-refractivity contribution in [2.75, 3.05) is 0 Å². The SMILES string of the molecule is NS(=O)(=O)c1ccc2c(c1)C(O)c1cc(S(N)(=O)=O)ccc1-2. The summed E-state index contributed by atoms with van der Waals surface area (Å²) in [6.45, 7) is 0. The third-order valence-corrected chi connectivity index (χ3v) is 5.40. The van der Waals surface area contributed by atoms with Gasteiger partial charge in [-0.05, 0) is 46.5 Å². The number of hydrogen-bond acceptors (Lipinski definition) is 5. The van der Waals surface area contributed by atoms with Gasteiger partial charge in [-0.2, -0.15) is 0 Å². The van der Waals surface area contributed by atoms with Gasteiger partial charge in [0.25, 0.3) is 0 Å². The lowest BCUT2D eigenvalue weighted by atomic mass is 10.1. The van der Waals surface area contributed by atoms with Crippen LogP contribution in [0.5, 0.6) is 0 Å². The first-order valence-electron chi connectivity index (χ1n) is 6.11. The predicted octanol–water partition coefficient (Wildman–Crippen LogP) is 0.0435. The van der Waals surface area contributed by atoms with Gasteiger partial charge >= 0.3 is 0 Å². The summed E-state index contributed by atoms with van der Waals surface area (Å²) in [6.07, 6.45) is -1.15. The number of hydrogen-bond donors (Lipinski definition) is 3. The molecular formula is C13H12N2O5S2. The zero-order valence-electron chi connectivity index (χ0n) is 11.1. The van der Waals surface area contributed by atoms with Crippen molar-refractivity contribution in [2.24, 2.45) is 10.3 Å². The van der Waals surface area contributed by atoms with Crippen LogP contribution in [0, 0.1) is 0 Å². The molecule has 9 heteroatoms. The molecule has 0 aromatic heterocycles. The minimum absolute atomic E-state index is 0.121. The van der Waals surface area contributed by atoms with Gasteiger partial charge in [0, 0.05) is 0 Å². The first kappa shape index (κ1) is 15.1. The minimum atomic E-state index is -3.89. The molecule has 5 N–H and O–H groups in total. The van der Waals surface area contributed by atoms with Gasteiger partial charge in [0.05, 0.1) is 9.79 Å². The number of sulfonamides is 2. The zero-order chi connectivity index (χ0) is 16.3. The van der Waals surface area contributed by atoms with Crippen molar-refractivity contribution < 1.29 is 21.9 Å². The number of fused-ring (bicyclic) bond motifs is 3. The van der Waals surface area contributed by atoms with E-state index in [1.165, 1.54) is 36.4 Å². The number of benzene rings is 2. The molecule has 7 nitrogen and oxygen atoms in total. The Hall–Kier alpha value is -1.78. The molecule has 0 spiro atoms. The second-order valence-corrected chi connectivity index (χ2v) is 8.11. The lowest BCUT2D eigenvalue weighted by Gasteiger charge is -2.07. The fraction of sp³-hybridized carbons (Fsp3) is 0.0769. The van der Waals surface area contributed by atoms with E-state index in [-0.39, 0.29) is 9.79 Å². The number of aliphatic hydroxyl groups is 1. The average molecular weight is 340 g/mol. The van der Waals surface area contributed by atoms with E-state index in [0.29, 0.717) is 22.3 Å². The second kappa shape index (κ2) is 4.61. The fourth-order valence-corrected chi connectivity index (χ4v) is 3.64. The van der Waals surface area contributed by atoms with Crippen molar-refractivity contribution in [3.05, 3.63) is 47.5 Å². The highest BCUT2D eigenvalue weighted by molar-refractivity contribution is 7.89. The Labute approximate surface area is 127 Å². The van der Waals surface area contributed by atoms with Crippen molar-refractivity contribution in [2.45, 2.75) is 15.9 Å². The molecule has 3 rings (SSSR count). The summed E-state index contributed by atoms with van der Waals surface area (Å²) >= 11 is 0. The standard InChI is InChI=1S/C13H12N2O5S2/c14-21(17,18)7-1-3-9-10-4-2-8(22(15,19)20)6-12(10)13(16)11(9)5-7/h1-6,13,16H,(H2,14,17,18)(H2,15,19,20). The smallest absolute Gasteiger partial charge is 0.238 e. The van der Waals surface area contributed by atoms with Crippen molar-refractivity contribution in [1.82, 2.24) is 0 Å². The van der Waals surface area contributed by atoms with E-state index < -0.39 is 26.2 Å². The van der Waals surface area contributed by atoms with Crippen LogP contribution in [0.3, 0.4) is 0 Å². The lowest BCUT2D eigenvalue weighted by molar-refractivity contribution is 0.224. The summed E-state index contributed by atoms with van der Waals surface area (Å²) in [5, 5.41) is 20.5. The van der Waals surface area contributed by atoms with Crippen LogP contribution in [0.2, 0.25) is 0 Å². The maximum atomic E-state index is 11.4. The summed E-state index contributed by atoms with van der Waals surface area (Å²) < 4.78 is 45.6. The van der Waals surface area contributed by atoms with Crippen LogP contribution in [-0.2, 0) is 20.0 Å². The Morgan fingerprint density at radius 3 is 1.45 bits per heavy atom. The van der Waals surface area contributed by atoms with E-state index >= 15 is 0 Å². The van der Waals surface area contributed by atoms with E-state index in [2.05, 4.69) is 0 Å². The molecule has 116 valence electrons. The van der Waals surface area contributed by atoms with Gasteiger partial charge in [0.1, 0.15) is 6.10 Å². The van der Waals surface area contributed by atoms with Crippen molar-refractivity contribution in [3.8, 4) is 11.1 Å². The van der Waals surface area contributed by atoms with Crippen molar-refractivity contribution in [3.63, 3.8) is 0 Å². The molecule has 0 bridgehead atoms. The number of rotatable bonds is 2. The highest BCUT2D eigenvalue weighted by Gasteiger charge is 2.29. The summed E-state index contributed by atoms with van der Waals surface area (Å²) in [7, 11) is -7.79. The van der Waals surface area contributed by atoms with Gasteiger partial charge in [0.15, 0.2) is 0 Å². The van der Waals surface area contributed by atoms with Crippen LogP contribution in [0.4, 0.5) is 0 Å². The molecular weight excluding hydrogens is 328 g/mol. The Bertz CT molecular complexity index is 916. The Kier molecular flexibility index (Phi) is 3.17. The van der Waals surface area contributed by atoms with E-state index in [1.54, 1.807) is 0 Å². The molecule has 0 saturated heterocycles. The van der Waals surface area contributed by atoms with Crippen LogP contribution < -0.4 is 10.3 Å². The molecule has 0 saturated carbocycles. The third kappa shape index (κ3) is 2.32. The predicted molar refractivity (Wildman–Crippen MR) is 78.7 cm³/mol. The quantitative estimate of drug-likeness (QED) is 0.708. The zero-order valence-corrected chi connectivity index (χ0v) is 12.7. The molecule has 1 aliphatic carbocycles. The van der Waals surface area contributed by atoms with Gasteiger partial charge in [-0.15, -0.1) is 0 Å². The fourth-order valence-electron chi connectivity index (χ4n) is 2.55. The maximum Gasteiger partial charge on any atom is 0.238 e. The molecule has 0 heterocycles. The molecule has 0 fully saturated rings. The van der Waals surface area contributed by atoms with Gasteiger partial charge in [-0.1, -0.05) is 12.1 Å². The number of aliphatic hydroxyl groups excluding tert-OH is 1. The van der Waals surface area contributed by atoms with Gasteiger partial charge in [-0.3, -0.25) is 0 Å².